The van der Waals surface area contributed by atoms with Gasteiger partial charge in [0.1, 0.15) is 0 Å². The lowest BCUT2D eigenvalue weighted by molar-refractivity contribution is -0.137. The van der Waals surface area contributed by atoms with Gasteiger partial charge < -0.3 is 5.11 Å². The van der Waals surface area contributed by atoms with E-state index in [9.17, 15) is 13.6 Å². The molecule has 1 saturated carbocycles. The van der Waals surface area contributed by atoms with E-state index in [0.29, 0.717) is 12.8 Å². The van der Waals surface area contributed by atoms with E-state index in [0.717, 1.165) is 0 Å². The number of hydrogen-bond acceptors (Lipinski definition) is 1. The normalized spacial score (nSPS) is 17.2. The van der Waals surface area contributed by atoms with Gasteiger partial charge >= 0.3 is 5.97 Å². The maximum Gasteiger partial charge on any atom is 0.304 e. The fourth-order valence-electron chi connectivity index (χ4n) is 1.92. The van der Waals surface area contributed by atoms with Crippen LogP contribution in [-0.4, -0.2) is 11.1 Å². The van der Waals surface area contributed by atoms with E-state index in [4.69, 9.17) is 5.11 Å². The van der Waals surface area contributed by atoms with Gasteiger partial charge in [-0.05, 0) is 40.4 Å². The molecule has 0 spiro atoms. The van der Waals surface area contributed by atoms with Crippen molar-refractivity contribution in [1.82, 2.24) is 0 Å². The van der Waals surface area contributed by atoms with Gasteiger partial charge in [0.05, 0.1) is 10.9 Å². The van der Waals surface area contributed by atoms with E-state index in [1.165, 1.54) is 12.1 Å². The minimum absolute atomic E-state index is 0.0554. The molecule has 0 saturated heterocycles. The fraction of sp³-hybridized carbons (Fsp3) is 0.364. The Kier molecular flexibility index (Phi) is 2.74. The van der Waals surface area contributed by atoms with Gasteiger partial charge in [-0.15, -0.1) is 0 Å². The average Bonchev–Trinajstić information content (AvgIpc) is 2.94. The van der Waals surface area contributed by atoms with Crippen molar-refractivity contribution in [3.8, 4) is 0 Å². The minimum Gasteiger partial charge on any atom is -0.481 e. The van der Waals surface area contributed by atoms with Crippen LogP contribution < -0.4 is 0 Å². The molecule has 16 heavy (non-hydrogen) atoms. The third-order valence-corrected chi connectivity index (χ3v) is 3.56. The Labute approximate surface area is 99.4 Å². The van der Waals surface area contributed by atoms with Crippen LogP contribution in [0.4, 0.5) is 8.78 Å². The first-order chi connectivity index (χ1) is 7.46. The molecule has 0 unspecified atom stereocenters. The van der Waals surface area contributed by atoms with Crippen molar-refractivity contribution in [2.45, 2.75) is 24.7 Å². The summed E-state index contributed by atoms with van der Waals surface area (Å²) in [5.41, 5.74) is -0.520. The summed E-state index contributed by atoms with van der Waals surface area (Å²) in [5.74, 6) is -2.87. The zero-order chi connectivity index (χ0) is 11.9. The monoisotopic (exact) mass is 290 g/mol. The molecule has 1 N–H and O–H groups in total. The van der Waals surface area contributed by atoms with Crippen molar-refractivity contribution in [2.75, 3.05) is 0 Å². The molecule has 5 heteroatoms. The molecular formula is C11H9BrF2O2. The number of rotatable bonds is 3. The summed E-state index contributed by atoms with van der Waals surface area (Å²) in [6, 6.07) is 2.87. The summed E-state index contributed by atoms with van der Waals surface area (Å²) in [5, 5.41) is 8.74. The van der Waals surface area contributed by atoms with Crippen molar-refractivity contribution < 1.29 is 18.7 Å². The van der Waals surface area contributed by atoms with Gasteiger partial charge in [-0.1, -0.05) is 6.07 Å². The van der Waals surface area contributed by atoms with Gasteiger partial charge in [0.25, 0.3) is 0 Å². The van der Waals surface area contributed by atoms with Crippen LogP contribution in [0.3, 0.4) is 0 Å². The maximum absolute atomic E-state index is 13.7. The number of benzene rings is 1. The van der Waals surface area contributed by atoms with Gasteiger partial charge in [0.2, 0.25) is 0 Å². The Morgan fingerprint density at radius 1 is 1.38 bits per heavy atom. The third kappa shape index (κ3) is 1.84. The molecule has 0 amide bonds. The summed E-state index contributed by atoms with van der Waals surface area (Å²) in [6.45, 7) is 0. The van der Waals surface area contributed by atoms with Gasteiger partial charge in [-0.25, -0.2) is 8.78 Å². The maximum atomic E-state index is 13.7. The van der Waals surface area contributed by atoms with Crippen molar-refractivity contribution >= 4 is 21.9 Å². The molecule has 1 aromatic carbocycles. The summed E-state index contributed by atoms with van der Waals surface area (Å²) in [4.78, 5) is 10.7. The van der Waals surface area contributed by atoms with Gasteiger partial charge in [-0.3, -0.25) is 4.79 Å². The molecule has 0 aliphatic heterocycles. The average molecular weight is 291 g/mol. The van der Waals surface area contributed by atoms with Gasteiger partial charge in [0, 0.05) is 5.41 Å². The van der Waals surface area contributed by atoms with Crippen LogP contribution in [0.1, 0.15) is 24.8 Å². The fourth-order valence-corrected chi connectivity index (χ4v) is 2.22. The number of halogens is 3. The number of carbonyl (C=O) groups is 1. The Bertz CT molecular complexity index is 456. The molecule has 86 valence electrons. The highest BCUT2D eigenvalue weighted by molar-refractivity contribution is 9.10. The predicted molar refractivity (Wildman–Crippen MR) is 57.2 cm³/mol. The minimum atomic E-state index is -0.986. The summed E-state index contributed by atoms with van der Waals surface area (Å²) >= 11 is 2.89. The number of carboxylic acids is 1. The first-order valence-electron chi connectivity index (χ1n) is 4.82. The van der Waals surface area contributed by atoms with E-state index >= 15 is 0 Å². The van der Waals surface area contributed by atoms with E-state index in [1.54, 1.807) is 0 Å². The van der Waals surface area contributed by atoms with E-state index in [2.05, 4.69) is 15.9 Å². The van der Waals surface area contributed by atoms with Crippen LogP contribution >= 0.6 is 15.9 Å². The summed E-state index contributed by atoms with van der Waals surface area (Å²) in [6.07, 6.45) is 1.04. The van der Waals surface area contributed by atoms with Crippen molar-refractivity contribution in [1.29, 1.82) is 0 Å². The molecule has 2 rings (SSSR count). The zero-order valence-corrected chi connectivity index (χ0v) is 9.85. The molecule has 0 heterocycles. The molecule has 0 atom stereocenters. The zero-order valence-electron chi connectivity index (χ0n) is 8.27. The first-order valence-corrected chi connectivity index (χ1v) is 5.61. The quantitative estimate of drug-likeness (QED) is 0.868. The molecule has 1 fully saturated rings. The van der Waals surface area contributed by atoms with Crippen molar-refractivity contribution in [2.24, 2.45) is 0 Å². The summed E-state index contributed by atoms with van der Waals surface area (Å²) < 4.78 is 27.0. The van der Waals surface area contributed by atoms with E-state index in [1.807, 2.05) is 0 Å². The molecular weight excluding hydrogens is 282 g/mol. The lowest BCUT2D eigenvalue weighted by Crippen LogP contribution is -2.15. The SMILES string of the molecule is O=C(O)CC1(c2ccc(Br)c(F)c2F)CC1. The van der Waals surface area contributed by atoms with Crippen LogP contribution in [-0.2, 0) is 10.2 Å². The largest absolute Gasteiger partial charge is 0.481 e. The van der Waals surface area contributed by atoms with Crippen LogP contribution in [0, 0.1) is 11.6 Å². The van der Waals surface area contributed by atoms with E-state index in [-0.39, 0.29) is 16.5 Å². The second-order valence-electron chi connectivity index (χ2n) is 4.07. The molecule has 1 aliphatic carbocycles. The Hall–Kier alpha value is -0.970. The highest BCUT2D eigenvalue weighted by Crippen LogP contribution is 2.52. The van der Waals surface area contributed by atoms with Crippen molar-refractivity contribution in [3.63, 3.8) is 0 Å². The highest BCUT2D eigenvalue weighted by atomic mass is 79.9. The van der Waals surface area contributed by atoms with Crippen LogP contribution in [0.2, 0.25) is 0 Å². The van der Waals surface area contributed by atoms with Gasteiger partial charge in [0.15, 0.2) is 11.6 Å². The van der Waals surface area contributed by atoms with Crippen molar-refractivity contribution in [3.05, 3.63) is 33.8 Å². The summed E-state index contributed by atoms with van der Waals surface area (Å²) in [7, 11) is 0. The second kappa shape index (κ2) is 3.80. The molecule has 1 aromatic rings. The lowest BCUT2D eigenvalue weighted by atomic mass is 9.92. The topological polar surface area (TPSA) is 37.3 Å². The molecule has 0 aromatic heterocycles. The first kappa shape index (κ1) is 11.5. The van der Waals surface area contributed by atoms with Crippen LogP contribution in [0.25, 0.3) is 0 Å². The highest BCUT2D eigenvalue weighted by Gasteiger charge is 2.48. The van der Waals surface area contributed by atoms with Gasteiger partial charge in [-0.2, -0.15) is 0 Å². The standard InChI is InChI=1S/C11H9BrF2O2/c12-7-2-1-6(9(13)10(7)14)11(3-4-11)5-8(15)16/h1-2H,3-5H2,(H,15,16). The molecule has 0 bridgehead atoms. The lowest BCUT2D eigenvalue weighted by Gasteiger charge is -2.14. The van der Waals surface area contributed by atoms with E-state index < -0.39 is 23.0 Å². The van der Waals surface area contributed by atoms with Crippen LogP contribution in [0.15, 0.2) is 16.6 Å². The molecule has 2 nitrogen and oxygen atoms in total. The third-order valence-electron chi connectivity index (χ3n) is 2.95. The Balaban J connectivity index is 2.42. The predicted octanol–water partition coefficient (Wildman–Crippen LogP) is 3.23. The molecule has 1 aliphatic rings. The smallest absolute Gasteiger partial charge is 0.304 e. The number of aliphatic carboxylic acids is 1. The molecule has 0 radical (unpaired) electrons. The number of hydrogen-bond donors (Lipinski definition) is 1. The Morgan fingerprint density at radius 2 is 2.00 bits per heavy atom. The Morgan fingerprint density at radius 3 is 2.50 bits per heavy atom. The second-order valence-corrected chi connectivity index (χ2v) is 4.93. The number of carboxylic acid groups (broad SMARTS) is 1. The van der Waals surface area contributed by atoms with Crippen LogP contribution in [0.5, 0.6) is 0 Å².